The van der Waals surface area contributed by atoms with Gasteiger partial charge in [-0.3, -0.25) is 15.0 Å². The smallest absolute Gasteiger partial charge is 0.324 e. The molecule has 0 radical (unpaired) electrons. The highest BCUT2D eigenvalue weighted by molar-refractivity contribution is 5.73. The second-order valence-electron chi connectivity index (χ2n) is 4.76. The summed E-state index contributed by atoms with van der Waals surface area (Å²) in [5.41, 5.74) is 4.96. The van der Waals surface area contributed by atoms with Gasteiger partial charge in [0, 0.05) is 6.04 Å². The van der Waals surface area contributed by atoms with E-state index in [1.165, 1.54) is 0 Å². The van der Waals surface area contributed by atoms with E-state index in [0.717, 1.165) is 0 Å². The van der Waals surface area contributed by atoms with Crippen molar-refractivity contribution in [3.63, 3.8) is 0 Å². The van der Waals surface area contributed by atoms with Gasteiger partial charge in [-0.05, 0) is 12.3 Å². The third-order valence-electron chi connectivity index (χ3n) is 2.50. The average Bonchev–Trinajstić information content (AvgIpc) is 2.26. The molecule has 0 saturated heterocycles. The van der Waals surface area contributed by atoms with Crippen molar-refractivity contribution in [1.29, 1.82) is 0 Å². The van der Waals surface area contributed by atoms with Crippen LogP contribution in [0.2, 0.25) is 0 Å². The third-order valence-corrected chi connectivity index (χ3v) is 2.50. The molecule has 0 fully saturated rings. The number of aliphatic hydroxyl groups excluding tert-OH is 2. The molecule has 0 heterocycles. The van der Waals surface area contributed by atoms with Crippen LogP contribution in [0.4, 0.5) is 0 Å². The van der Waals surface area contributed by atoms with Crippen molar-refractivity contribution in [2.75, 3.05) is 6.61 Å². The van der Waals surface area contributed by atoms with Crippen LogP contribution in [0.5, 0.6) is 0 Å². The maximum atomic E-state index is 10.7. The Labute approximate surface area is 111 Å². The molecule has 0 rings (SSSR count). The van der Waals surface area contributed by atoms with E-state index in [2.05, 4.69) is 10.9 Å². The van der Waals surface area contributed by atoms with Crippen molar-refractivity contribution >= 4 is 11.9 Å². The Hall–Kier alpha value is -1.22. The Morgan fingerprint density at radius 3 is 2.11 bits per heavy atom. The van der Waals surface area contributed by atoms with Gasteiger partial charge in [-0.15, -0.1) is 0 Å². The van der Waals surface area contributed by atoms with Crippen LogP contribution < -0.4 is 10.9 Å². The normalized spacial score (nSPS) is 16.1. The molecule has 8 heteroatoms. The molecule has 0 aliphatic rings. The Kier molecular flexibility index (Phi) is 8.24. The number of hydrogen-bond acceptors (Lipinski definition) is 6. The molecule has 0 aromatic rings. The fourth-order valence-electron chi connectivity index (χ4n) is 1.53. The summed E-state index contributed by atoms with van der Waals surface area (Å²) in [5.74, 6) is -2.20. The van der Waals surface area contributed by atoms with E-state index < -0.39 is 43.2 Å². The van der Waals surface area contributed by atoms with E-state index in [0.29, 0.717) is 6.42 Å². The summed E-state index contributed by atoms with van der Waals surface area (Å²) in [6, 6.07) is -1.84. The molecule has 0 aromatic carbocycles. The predicted octanol–water partition coefficient (Wildman–Crippen LogP) is -1.22. The van der Waals surface area contributed by atoms with Gasteiger partial charge < -0.3 is 20.4 Å². The number of carboxylic acids is 2. The topological polar surface area (TPSA) is 139 Å². The van der Waals surface area contributed by atoms with Crippen LogP contribution in [0, 0.1) is 5.92 Å². The molecule has 6 N–H and O–H groups in total. The zero-order valence-electron chi connectivity index (χ0n) is 11.0. The number of nitrogens with one attached hydrogen (secondary N) is 2. The van der Waals surface area contributed by atoms with Gasteiger partial charge in [0.25, 0.3) is 0 Å². The molecule has 0 unspecified atom stereocenters. The molecular formula is C11H22N2O6. The van der Waals surface area contributed by atoms with E-state index in [1.54, 1.807) is 0 Å². The Morgan fingerprint density at radius 2 is 1.74 bits per heavy atom. The summed E-state index contributed by atoms with van der Waals surface area (Å²) in [4.78, 5) is 21.3. The van der Waals surface area contributed by atoms with E-state index >= 15 is 0 Å². The number of hydrazine groups is 1. The van der Waals surface area contributed by atoms with Crippen LogP contribution in [0.25, 0.3) is 0 Å². The summed E-state index contributed by atoms with van der Waals surface area (Å²) in [5, 5.41) is 36.0. The number of aliphatic hydroxyl groups is 2. The molecular weight excluding hydrogens is 256 g/mol. The maximum absolute atomic E-state index is 10.7. The van der Waals surface area contributed by atoms with Gasteiger partial charge in [-0.2, -0.15) is 0 Å². The van der Waals surface area contributed by atoms with E-state index in [1.807, 2.05) is 13.8 Å². The Balaban J connectivity index is 4.49. The molecule has 0 saturated carbocycles. The lowest BCUT2D eigenvalue weighted by Gasteiger charge is -2.26. The van der Waals surface area contributed by atoms with Crippen LogP contribution in [-0.4, -0.2) is 57.2 Å². The maximum Gasteiger partial charge on any atom is 0.324 e. The molecule has 0 amide bonds. The van der Waals surface area contributed by atoms with E-state index in [4.69, 9.17) is 15.3 Å². The molecule has 0 bridgehead atoms. The van der Waals surface area contributed by atoms with Gasteiger partial charge >= 0.3 is 11.9 Å². The molecule has 112 valence electrons. The lowest BCUT2D eigenvalue weighted by molar-refractivity contribution is -0.142. The van der Waals surface area contributed by atoms with E-state index in [9.17, 15) is 14.7 Å². The summed E-state index contributed by atoms with van der Waals surface area (Å²) in [6.07, 6.45) is -1.14. The summed E-state index contributed by atoms with van der Waals surface area (Å²) >= 11 is 0. The first-order valence-electron chi connectivity index (χ1n) is 6.02. The second-order valence-corrected chi connectivity index (χ2v) is 4.76. The molecule has 0 aliphatic heterocycles. The first-order valence-corrected chi connectivity index (χ1v) is 6.02. The number of aliphatic carboxylic acids is 2. The fourth-order valence-corrected chi connectivity index (χ4v) is 1.53. The van der Waals surface area contributed by atoms with Crippen molar-refractivity contribution in [1.82, 2.24) is 10.9 Å². The molecule has 19 heavy (non-hydrogen) atoms. The molecule has 8 nitrogen and oxygen atoms in total. The zero-order chi connectivity index (χ0) is 15.0. The van der Waals surface area contributed by atoms with Gasteiger partial charge in [0.05, 0.1) is 19.1 Å². The van der Waals surface area contributed by atoms with Crippen molar-refractivity contribution < 1.29 is 30.0 Å². The van der Waals surface area contributed by atoms with Crippen LogP contribution in [0.3, 0.4) is 0 Å². The standard InChI is InChI=1S/C11H22N2O6/c1-6(2)3-7(9(15)4-10(16)17)12-13-8(5-14)11(18)19/h6-9,12-15H,3-5H2,1-2H3,(H,16,17)(H,18,19)/t7-,8-,9-/m0/s1. The highest BCUT2D eigenvalue weighted by atomic mass is 16.4. The highest BCUT2D eigenvalue weighted by Gasteiger charge is 2.24. The zero-order valence-corrected chi connectivity index (χ0v) is 11.0. The minimum absolute atomic E-state index is 0.181. The van der Waals surface area contributed by atoms with E-state index in [-0.39, 0.29) is 5.92 Å². The minimum Gasteiger partial charge on any atom is -0.481 e. The number of hydrogen-bond donors (Lipinski definition) is 6. The van der Waals surface area contributed by atoms with Gasteiger partial charge in [0.1, 0.15) is 6.04 Å². The predicted molar refractivity (Wildman–Crippen MR) is 66.3 cm³/mol. The number of carboxylic acid groups (broad SMARTS) is 2. The number of carbonyl (C=O) groups is 2. The third kappa shape index (κ3) is 7.73. The van der Waals surface area contributed by atoms with Crippen molar-refractivity contribution in [2.24, 2.45) is 5.92 Å². The summed E-state index contributed by atoms with van der Waals surface area (Å²) < 4.78 is 0. The second kappa shape index (κ2) is 8.81. The summed E-state index contributed by atoms with van der Waals surface area (Å²) in [6.45, 7) is 3.16. The van der Waals surface area contributed by atoms with Crippen LogP contribution in [0.15, 0.2) is 0 Å². The van der Waals surface area contributed by atoms with Crippen molar-refractivity contribution in [3.05, 3.63) is 0 Å². The SMILES string of the molecule is CC(C)C[C@H](NN[C@@H](CO)C(=O)O)[C@@H](O)CC(=O)O. The Bertz CT molecular complexity index is 297. The van der Waals surface area contributed by atoms with Gasteiger partial charge in [-0.1, -0.05) is 13.8 Å². The highest BCUT2D eigenvalue weighted by Crippen LogP contribution is 2.10. The van der Waals surface area contributed by atoms with Crippen LogP contribution in [-0.2, 0) is 9.59 Å². The molecule has 0 spiro atoms. The first-order chi connectivity index (χ1) is 8.77. The van der Waals surface area contributed by atoms with Crippen LogP contribution in [0.1, 0.15) is 26.7 Å². The van der Waals surface area contributed by atoms with Gasteiger partial charge in [0.15, 0.2) is 0 Å². The molecule has 3 atom stereocenters. The summed E-state index contributed by atoms with van der Waals surface area (Å²) in [7, 11) is 0. The average molecular weight is 278 g/mol. The lowest BCUT2D eigenvalue weighted by Crippen LogP contribution is -2.55. The minimum atomic E-state index is -1.24. The van der Waals surface area contributed by atoms with Crippen LogP contribution >= 0.6 is 0 Å². The fraction of sp³-hybridized carbons (Fsp3) is 0.818. The monoisotopic (exact) mass is 278 g/mol. The lowest BCUT2D eigenvalue weighted by atomic mass is 9.98. The van der Waals surface area contributed by atoms with Gasteiger partial charge in [0.2, 0.25) is 0 Å². The van der Waals surface area contributed by atoms with Crippen molar-refractivity contribution in [3.8, 4) is 0 Å². The Morgan fingerprint density at radius 1 is 1.16 bits per heavy atom. The van der Waals surface area contributed by atoms with Gasteiger partial charge in [-0.25, -0.2) is 5.43 Å². The molecule has 0 aromatic heterocycles. The quantitative estimate of drug-likeness (QED) is 0.273. The first kappa shape index (κ1) is 17.8. The number of rotatable bonds is 10. The molecule has 0 aliphatic carbocycles. The largest absolute Gasteiger partial charge is 0.481 e. The van der Waals surface area contributed by atoms with Crippen molar-refractivity contribution in [2.45, 2.75) is 44.9 Å².